The van der Waals surface area contributed by atoms with Gasteiger partial charge in [-0.05, 0) is 36.3 Å². The molecule has 2 heterocycles. The molecule has 1 aliphatic rings. The summed E-state index contributed by atoms with van der Waals surface area (Å²) in [5, 5.41) is 0. The Bertz CT molecular complexity index is 510. The second-order valence-corrected chi connectivity index (χ2v) is 6.36. The van der Waals surface area contributed by atoms with E-state index in [2.05, 4.69) is 10.5 Å². The molecule has 0 aliphatic carbocycles. The van der Waals surface area contributed by atoms with Gasteiger partial charge in [-0.1, -0.05) is 20.8 Å². The fourth-order valence-electron chi connectivity index (χ4n) is 2.46. The molecular weight excluding hydrogens is 270 g/mol. The number of aromatic nitrogens is 1. The minimum atomic E-state index is -0.494. The lowest BCUT2D eigenvalue weighted by molar-refractivity contribution is 0.0390. The first-order valence-corrected chi connectivity index (χ1v) is 7.33. The number of piperidine rings is 1. The summed E-state index contributed by atoms with van der Waals surface area (Å²) >= 11 is 0. The van der Waals surface area contributed by atoms with Gasteiger partial charge in [-0.25, -0.2) is 4.79 Å². The summed E-state index contributed by atoms with van der Waals surface area (Å²) in [6.45, 7) is 7.43. The summed E-state index contributed by atoms with van der Waals surface area (Å²) in [5.74, 6) is -0.435. The Morgan fingerprint density at radius 1 is 1.24 bits per heavy atom. The zero-order valence-electron chi connectivity index (χ0n) is 12.9. The van der Waals surface area contributed by atoms with E-state index in [1.807, 2.05) is 26.8 Å². The predicted molar refractivity (Wildman–Crippen MR) is 78.9 cm³/mol. The van der Waals surface area contributed by atoms with E-state index in [1.165, 1.54) is 0 Å². The fraction of sp³-hybridized carbons (Fsp3) is 0.600. The van der Waals surface area contributed by atoms with Crippen LogP contribution in [0.3, 0.4) is 0 Å². The first-order chi connectivity index (χ1) is 9.89. The molecular formula is C15H23N3O3. The zero-order chi connectivity index (χ0) is 15.5. The molecule has 1 saturated heterocycles. The first-order valence-electron chi connectivity index (χ1n) is 7.33. The number of rotatable bonds is 1. The molecule has 116 valence electrons. The van der Waals surface area contributed by atoms with E-state index in [9.17, 15) is 9.59 Å². The smallest absolute Gasteiger partial charge is 0.357 e. The molecule has 0 unspecified atom stereocenters. The van der Waals surface area contributed by atoms with E-state index < -0.39 is 12.0 Å². The molecule has 21 heavy (non-hydrogen) atoms. The molecule has 0 radical (unpaired) electrons. The molecule has 1 aromatic rings. The maximum atomic E-state index is 12.1. The highest BCUT2D eigenvalue weighted by Crippen LogP contribution is 2.25. The van der Waals surface area contributed by atoms with Crippen molar-refractivity contribution in [2.24, 2.45) is 0 Å². The van der Waals surface area contributed by atoms with Crippen molar-refractivity contribution >= 4 is 12.0 Å². The van der Waals surface area contributed by atoms with Crippen LogP contribution >= 0.6 is 0 Å². The van der Waals surface area contributed by atoms with E-state index in [1.54, 1.807) is 11.1 Å². The van der Waals surface area contributed by atoms with Crippen molar-refractivity contribution in [3.8, 4) is 0 Å². The Hall–Kier alpha value is -1.98. The van der Waals surface area contributed by atoms with Gasteiger partial charge in [0, 0.05) is 19.3 Å². The Balaban J connectivity index is 1.93. The highest BCUT2D eigenvalue weighted by molar-refractivity contribution is 5.94. The Kier molecular flexibility index (Phi) is 4.55. The average molecular weight is 293 g/mol. The van der Waals surface area contributed by atoms with Crippen molar-refractivity contribution in [2.45, 2.75) is 45.4 Å². The molecule has 0 bridgehead atoms. The quantitative estimate of drug-likeness (QED) is 0.781. The van der Waals surface area contributed by atoms with Crippen LogP contribution in [0, 0.1) is 0 Å². The van der Waals surface area contributed by atoms with Crippen molar-refractivity contribution in [1.29, 1.82) is 0 Å². The fourth-order valence-corrected chi connectivity index (χ4v) is 2.46. The maximum Gasteiger partial charge on any atom is 0.434 e. The number of hydrogen-bond donors (Lipinski definition) is 2. The minimum absolute atomic E-state index is 0.163. The number of hydroxylamine groups is 1. The second kappa shape index (κ2) is 6.20. The molecule has 6 nitrogen and oxygen atoms in total. The molecule has 1 aliphatic heterocycles. The molecule has 2 N–H and O–H groups in total. The van der Waals surface area contributed by atoms with Crippen LogP contribution in [0.5, 0.6) is 0 Å². The number of nitrogens with zero attached hydrogens (tertiary/aromatic N) is 1. The van der Waals surface area contributed by atoms with Gasteiger partial charge in [0.2, 0.25) is 0 Å². The SMILES string of the molecule is CC(C)(C)c1cc[nH]c1C(=O)NOC(=O)N1CCCCC1. The predicted octanol–water partition coefficient (Wildman–Crippen LogP) is 2.58. The lowest BCUT2D eigenvalue weighted by Gasteiger charge is -2.25. The van der Waals surface area contributed by atoms with Crippen molar-refractivity contribution in [3.63, 3.8) is 0 Å². The summed E-state index contributed by atoms with van der Waals surface area (Å²) in [5.41, 5.74) is 3.38. The summed E-state index contributed by atoms with van der Waals surface area (Å²) in [4.78, 5) is 33.4. The van der Waals surface area contributed by atoms with Crippen LogP contribution in [0.25, 0.3) is 0 Å². The van der Waals surface area contributed by atoms with Gasteiger partial charge >= 0.3 is 12.0 Å². The lowest BCUT2D eigenvalue weighted by atomic mass is 9.87. The number of H-pyrrole nitrogens is 1. The summed E-state index contributed by atoms with van der Waals surface area (Å²) in [6.07, 6.45) is 4.31. The standard InChI is InChI=1S/C15H23N3O3/c1-15(2,3)11-7-8-16-12(11)13(19)17-21-14(20)18-9-5-4-6-10-18/h7-8,16H,4-6,9-10H2,1-3H3,(H,17,19). The topological polar surface area (TPSA) is 74.4 Å². The zero-order valence-corrected chi connectivity index (χ0v) is 12.9. The molecule has 6 heteroatoms. The van der Waals surface area contributed by atoms with Crippen LogP contribution in [0.1, 0.15) is 56.1 Å². The maximum absolute atomic E-state index is 12.1. The van der Waals surface area contributed by atoms with Gasteiger partial charge in [0.25, 0.3) is 0 Å². The number of likely N-dealkylation sites (tertiary alicyclic amines) is 1. The minimum Gasteiger partial charge on any atom is -0.357 e. The number of nitrogens with one attached hydrogen (secondary N) is 2. The first kappa shape index (κ1) is 15.4. The van der Waals surface area contributed by atoms with E-state index in [0.29, 0.717) is 18.8 Å². The van der Waals surface area contributed by atoms with Crippen LogP contribution in [0.15, 0.2) is 12.3 Å². The lowest BCUT2D eigenvalue weighted by Crippen LogP contribution is -2.40. The molecule has 2 rings (SSSR count). The van der Waals surface area contributed by atoms with Crippen LogP contribution in [0.2, 0.25) is 0 Å². The van der Waals surface area contributed by atoms with E-state index >= 15 is 0 Å². The van der Waals surface area contributed by atoms with Crippen molar-refractivity contribution in [3.05, 3.63) is 23.5 Å². The summed E-state index contributed by atoms with van der Waals surface area (Å²) in [7, 11) is 0. The number of carbonyl (C=O) groups is 2. The van der Waals surface area contributed by atoms with Crippen LogP contribution in [-0.4, -0.2) is 35.0 Å². The Morgan fingerprint density at radius 3 is 2.52 bits per heavy atom. The monoisotopic (exact) mass is 293 g/mol. The molecule has 2 amide bonds. The third-order valence-corrected chi connectivity index (χ3v) is 3.63. The van der Waals surface area contributed by atoms with Gasteiger partial charge in [-0.2, -0.15) is 5.48 Å². The third kappa shape index (κ3) is 3.77. The van der Waals surface area contributed by atoms with Crippen molar-refractivity contribution in [1.82, 2.24) is 15.4 Å². The largest absolute Gasteiger partial charge is 0.434 e. The normalized spacial score (nSPS) is 15.7. The summed E-state index contributed by atoms with van der Waals surface area (Å²) in [6, 6.07) is 1.86. The summed E-state index contributed by atoms with van der Waals surface area (Å²) < 4.78 is 0. The van der Waals surface area contributed by atoms with Gasteiger partial charge in [0.05, 0.1) is 0 Å². The highest BCUT2D eigenvalue weighted by Gasteiger charge is 2.24. The van der Waals surface area contributed by atoms with Crippen LogP contribution < -0.4 is 5.48 Å². The molecule has 0 spiro atoms. The Morgan fingerprint density at radius 2 is 1.90 bits per heavy atom. The van der Waals surface area contributed by atoms with Crippen LogP contribution in [-0.2, 0) is 10.3 Å². The highest BCUT2D eigenvalue weighted by atomic mass is 16.7. The number of aromatic amines is 1. The molecule has 0 atom stereocenters. The van der Waals surface area contributed by atoms with Gasteiger partial charge in [-0.3, -0.25) is 4.79 Å². The van der Waals surface area contributed by atoms with Gasteiger partial charge in [0.15, 0.2) is 0 Å². The number of hydrogen-bond acceptors (Lipinski definition) is 3. The van der Waals surface area contributed by atoms with Crippen molar-refractivity contribution < 1.29 is 14.4 Å². The average Bonchev–Trinajstić information content (AvgIpc) is 2.95. The molecule has 1 aromatic heterocycles. The molecule has 0 saturated carbocycles. The number of carbonyl (C=O) groups excluding carboxylic acids is 2. The second-order valence-electron chi connectivity index (χ2n) is 6.36. The molecule has 1 fully saturated rings. The van der Waals surface area contributed by atoms with Gasteiger partial charge in [0.1, 0.15) is 5.69 Å². The van der Waals surface area contributed by atoms with Crippen LogP contribution in [0.4, 0.5) is 4.79 Å². The third-order valence-electron chi connectivity index (χ3n) is 3.63. The van der Waals surface area contributed by atoms with Crippen molar-refractivity contribution in [2.75, 3.05) is 13.1 Å². The van der Waals surface area contributed by atoms with E-state index in [4.69, 9.17) is 4.84 Å². The Labute approximate surface area is 124 Å². The number of amides is 2. The van der Waals surface area contributed by atoms with Gasteiger partial charge < -0.3 is 14.7 Å². The van der Waals surface area contributed by atoms with E-state index in [-0.39, 0.29) is 5.41 Å². The van der Waals surface area contributed by atoms with E-state index in [0.717, 1.165) is 24.8 Å². The van der Waals surface area contributed by atoms with Gasteiger partial charge in [-0.15, -0.1) is 0 Å². The molecule has 0 aromatic carbocycles.